The van der Waals surface area contributed by atoms with Gasteiger partial charge in [-0.3, -0.25) is 0 Å². The van der Waals surface area contributed by atoms with Gasteiger partial charge in [0.2, 0.25) is 0 Å². The molecule has 1 aliphatic heterocycles. The highest BCUT2D eigenvalue weighted by Gasteiger charge is 2.65. The number of benzene rings is 2. The second-order valence-electron chi connectivity index (χ2n) is 12.8. The maximum atomic E-state index is 14.2. The quantitative estimate of drug-likeness (QED) is 0.254. The minimum atomic E-state index is -1.35. The molecule has 1 heterocycles. The molecule has 0 spiro atoms. The third kappa shape index (κ3) is 7.54. The van der Waals surface area contributed by atoms with Crippen LogP contribution < -0.4 is 5.32 Å². The standard InChI is InChI=1S/C32H41Cl2N3O4/c1-30(2,3)19-25-32(20-35,22-12-14-23(33)15-13-22)26(21-10-9-11-24(34)18-21)27(28(39)41-31(4,5)6)37(25)29(40)36-16-7-8-17-38/h9-15,18,25-27,38H,7-8,16-17,19H2,1-6H3,(H,36,40)/t25-,26-,27?,32-/m0/s1. The molecule has 0 aliphatic carbocycles. The molecule has 1 fully saturated rings. The van der Waals surface area contributed by atoms with Crippen LogP contribution in [-0.2, 0) is 14.9 Å². The summed E-state index contributed by atoms with van der Waals surface area (Å²) in [7, 11) is 0. The van der Waals surface area contributed by atoms with Crippen molar-refractivity contribution in [3.8, 4) is 6.07 Å². The largest absolute Gasteiger partial charge is 0.458 e. The molecule has 3 rings (SSSR count). The van der Waals surface area contributed by atoms with Crippen LogP contribution in [0.5, 0.6) is 0 Å². The summed E-state index contributed by atoms with van der Waals surface area (Å²) < 4.78 is 5.94. The average Bonchev–Trinajstić information content (AvgIpc) is 3.15. The number of likely N-dealkylation sites (tertiary alicyclic amines) is 1. The van der Waals surface area contributed by atoms with Crippen molar-refractivity contribution in [2.45, 2.75) is 89.8 Å². The van der Waals surface area contributed by atoms with Gasteiger partial charge in [0.25, 0.3) is 0 Å². The Hall–Kier alpha value is -2.79. The third-order valence-electron chi connectivity index (χ3n) is 7.23. The molecule has 41 heavy (non-hydrogen) atoms. The van der Waals surface area contributed by atoms with Gasteiger partial charge in [-0.05, 0) is 80.8 Å². The SMILES string of the molecule is CC(C)(C)C[C@@H]1N(C(=O)NCCCCO)C(C(=O)OC(C)(C)C)[C@H](c2cccc(Cl)c2)[C@@]1(C#N)c1ccc(Cl)cc1. The molecule has 0 bridgehead atoms. The van der Waals surface area contributed by atoms with Gasteiger partial charge in [-0.2, -0.15) is 5.26 Å². The minimum absolute atomic E-state index is 0.0116. The normalized spacial score (nSPS) is 22.7. The van der Waals surface area contributed by atoms with Gasteiger partial charge in [-0.15, -0.1) is 0 Å². The number of carbonyl (C=O) groups is 2. The van der Waals surface area contributed by atoms with E-state index in [2.05, 4.69) is 11.4 Å². The number of nitrogens with one attached hydrogen (secondary N) is 1. The van der Waals surface area contributed by atoms with Crippen molar-refractivity contribution in [2.75, 3.05) is 13.2 Å². The summed E-state index contributed by atoms with van der Waals surface area (Å²) in [6.45, 7) is 11.8. The molecule has 9 heteroatoms. The predicted molar refractivity (Wildman–Crippen MR) is 162 cm³/mol. The van der Waals surface area contributed by atoms with Crippen LogP contribution in [0.2, 0.25) is 10.0 Å². The van der Waals surface area contributed by atoms with E-state index in [9.17, 15) is 20.0 Å². The summed E-state index contributed by atoms with van der Waals surface area (Å²) >= 11 is 12.7. The Morgan fingerprint density at radius 1 is 1.05 bits per heavy atom. The molecule has 0 saturated carbocycles. The number of hydrogen-bond donors (Lipinski definition) is 2. The highest BCUT2D eigenvalue weighted by atomic mass is 35.5. The molecule has 1 saturated heterocycles. The smallest absolute Gasteiger partial charge is 0.330 e. The Morgan fingerprint density at radius 3 is 2.24 bits per heavy atom. The summed E-state index contributed by atoms with van der Waals surface area (Å²) in [5.74, 6) is -1.41. The van der Waals surface area contributed by atoms with Crippen LogP contribution in [-0.4, -0.2) is 52.8 Å². The zero-order chi connectivity index (χ0) is 30.6. The van der Waals surface area contributed by atoms with E-state index in [1.807, 2.05) is 26.8 Å². The number of nitriles is 1. The van der Waals surface area contributed by atoms with Gasteiger partial charge < -0.3 is 20.1 Å². The Bertz CT molecular complexity index is 1260. The number of urea groups is 1. The van der Waals surface area contributed by atoms with Crippen LogP contribution in [0, 0.1) is 16.7 Å². The van der Waals surface area contributed by atoms with Gasteiger partial charge in [0.15, 0.2) is 0 Å². The lowest BCUT2D eigenvalue weighted by molar-refractivity contribution is -0.160. The number of aliphatic hydroxyl groups is 1. The molecule has 2 amide bonds. The molecule has 2 aromatic carbocycles. The molecular formula is C32H41Cl2N3O4. The lowest BCUT2D eigenvalue weighted by atomic mass is 9.63. The Labute approximate surface area is 253 Å². The summed E-state index contributed by atoms with van der Waals surface area (Å²) in [5.41, 5.74) is -1.22. The maximum absolute atomic E-state index is 14.2. The van der Waals surface area contributed by atoms with Crippen molar-refractivity contribution in [3.05, 3.63) is 69.7 Å². The van der Waals surface area contributed by atoms with Crippen molar-refractivity contribution in [1.29, 1.82) is 5.26 Å². The molecule has 2 aromatic rings. The number of carbonyl (C=O) groups excluding carboxylic acids is 2. The fourth-order valence-corrected chi connectivity index (χ4v) is 6.05. The number of amides is 2. The number of esters is 1. The summed E-state index contributed by atoms with van der Waals surface area (Å²) in [5, 5.41) is 24.4. The molecule has 222 valence electrons. The summed E-state index contributed by atoms with van der Waals surface area (Å²) in [6, 6.07) is 14.5. The van der Waals surface area contributed by atoms with Gasteiger partial charge in [-0.1, -0.05) is 68.2 Å². The van der Waals surface area contributed by atoms with Crippen molar-refractivity contribution in [3.63, 3.8) is 0 Å². The van der Waals surface area contributed by atoms with Crippen LogP contribution in [0.15, 0.2) is 48.5 Å². The van der Waals surface area contributed by atoms with Crippen LogP contribution in [0.3, 0.4) is 0 Å². The Morgan fingerprint density at radius 2 is 1.71 bits per heavy atom. The number of rotatable bonds is 8. The molecule has 1 aliphatic rings. The lowest BCUT2D eigenvalue weighted by Gasteiger charge is -2.39. The number of ether oxygens (including phenoxy) is 1. The van der Waals surface area contributed by atoms with E-state index in [0.717, 1.165) is 0 Å². The number of halogens is 2. The maximum Gasteiger partial charge on any atom is 0.330 e. The van der Waals surface area contributed by atoms with Gasteiger partial charge in [0.05, 0.1) is 12.1 Å². The van der Waals surface area contributed by atoms with Crippen LogP contribution >= 0.6 is 23.2 Å². The fourth-order valence-electron chi connectivity index (χ4n) is 5.72. The van der Waals surface area contributed by atoms with Crippen LogP contribution in [0.25, 0.3) is 0 Å². The topological polar surface area (TPSA) is 103 Å². The monoisotopic (exact) mass is 601 g/mol. The molecule has 4 atom stereocenters. The van der Waals surface area contributed by atoms with E-state index in [0.29, 0.717) is 47.0 Å². The van der Waals surface area contributed by atoms with Crippen molar-refractivity contribution >= 4 is 35.2 Å². The first-order valence-corrected chi connectivity index (χ1v) is 14.7. The van der Waals surface area contributed by atoms with Crippen molar-refractivity contribution in [2.24, 2.45) is 5.41 Å². The summed E-state index contributed by atoms with van der Waals surface area (Å²) in [4.78, 5) is 29.8. The van der Waals surface area contributed by atoms with Gasteiger partial charge in [0, 0.05) is 29.1 Å². The van der Waals surface area contributed by atoms with E-state index in [1.165, 1.54) is 4.90 Å². The first-order valence-electron chi connectivity index (χ1n) is 14.0. The lowest BCUT2D eigenvalue weighted by Crippen LogP contribution is -2.54. The third-order valence-corrected chi connectivity index (χ3v) is 7.72. The first kappa shape index (κ1) is 32.7. The fraction of sp³-hybridized carbons (Fsp3) is 0.531. The van der Waals surface area contributed by atoms with Gasteiger partial charge in [-0.25, -0.2) is 9.59 Å². The molecule has 0 radical (unpaired) electrons. The predicted octanol–water partition coefficient (Wildman–Crippen LogP) is 6.85. The van der Waals surface area contributed by atoms with Crippen molar-refractivity contribution < 1.29 is 19.4 Å². The van der Waals surface area contributed by atoms with Crippen LogP contribution in [0.1, 0.15) is 77.8 Å². The average molecular weight is 603 g/mol. The molecular weight excluding hydrogens is 561 g/mol. The van der Waals surface area contributed by atoms with Gasteiger partial charge in [0.1, 0.15) is 17.1 Å². The second kappa shape index (κ2) is 13.0. The van der Waals surface area contributed by atoms with E-state index < -0.39 is 41.0 Å². The number of hydrogen-bond acceptors (Lipinski definition) is 5. The van der Waals surface area contributed by atoms with E-state index in [1.54, 1.807) is 63.2 Å². The number of aliphatic hydroxyl groups excluding tert-OH is 1. The second-order valence-corrected chi connectivity index (χ2v) is 13.7. The number of unbranched alkanes of at least 4 members (excludes halogenated alkanes) is 1. The Kier molecular flexibility index (Phi) is 10.4. The van der Waals surface area contributed by atoms with Crippen LogP contribution in [0.4, 0.5) is 4.79 Å². The van der Waals surface area contributed by atoms with E-state index >= 15 is 0 Å². The number of nitrogens with zero attached hydrogens (tertiary/aromatic N) is 2. The molecule has 1 unspecified atom stereocenters. The van der Waals surface area contributed by atoms with E-state index in [-0.39, 0.29) is 12.0 Å². The van der Waals surface area contributed by atoms with Crippen molar-refractivity contribution in [1.82, 2.24) is 10.2 Å². The molecule has 2 N–H and O–H groups in total. The highest BCUT2D eigenvalue weighted by Crippen LogP contribution is 2.56. The zero-order valence-corrected chi connectivity index (χ0v) is 26.2. The first-order chi connectivity index (χ1) is 19.1. The Balaban J connectivity index is 2.38. The molecule has 0 aromatic heterocycles. The zero-order valence-electron chi connectivity index (χ0n) is 24.7. The van der Waals surface area contributed by atoms with Gasteiger partial charge >= 0.3 is 12.0 Å². The highest BCUT2D eigenvalue weighted by molar-refractivity contribution is 6.30. The minimum Gasteiger partial charge on any atom is -0.458 e. The van der Waals surface area contributed by atoms with E-state index in [4.69, 9.17) is 27.9 Å². The summed E-state index contributed by atoms with van der Waals surface area (Å²) in [6.07, 6.45) is 1.51. The molecule has 7 nitrogen and oxygen atoms in total.